The van der Waals surface area contributed by atoms with Gasteiger partial charge in [-0.1, -0.05) is 27.7 Å². The minimum absolute atomic E-state index is 0.347. The summed E-state index contributed by atoms with van der Waals surface area (Å²) < 4.78 is 0. The summed E-state index contributed by atoms with van der Waals surface area (Å²) in [6.07, 6.45) is 3.10. The zero-order valence-corrected chi connectivity index (χ0v) is 10.9. The maximum absolute atomic E-state index is 8.62. The molecular weight excluding hydrogens is 212 g/mol. The van der Waals surface area contributed by atoms with Gasteiger partial charge in [0.05, 0.1) is 12.4 Å². The summed E-state index contributed by atoms with van der Waals surface area (Å²) in [7, 11) is 0. The summed E-state index contributed by atoms with van der Waals surface area (Å²) in [5.41, 5.74) is 0.347. The third kappa shape index (κ3) is 4.03. The van der Waals surface area contributed by atoms with Gasteiger partial charge in [-0.05, 0) is 17.8 Å². The minimum Gasteiger partial charge on any atom is -0.368 e. The molecule has 0 aliphatic heterocycles. The molecule has 0 saturated heterocycles. The first-order valence-electron chi connectivity index (χ1n) is 6.00. The monoisotopic (exact) mass is 232 g/mol. The molecule has 0 radical (unpaired) electrons. The van der Waals surface area contributed by atoms with Gasteiger partial charge in [0.2, 0.25) is 0 Å². The van der Waals surface area contributed by atoms with Gasteiger partial charge in [0.15, 0.2) is 5.69 Å². The number of hydrogen-bond donors (Lipinski definition) is 1. The summed E-state index contributed by atoms with van der Waals surface area (Å²) in [6.45, 7) is 9.82. The molecule has 0 fully saturated rings. The molecule has 0 aromatic carbocycles. The third-order valence-corrected chi connectivity index (χ3v) is 3.00. The molecule has 1 heterocycles. The molecule has 0 aliphatic rings. The summed E-state index contributed by atoms with van der Waals surface area (Å²) >= 11 is 0. The maximum Gasteiger partial charge on any atom is 0.158 e. The Morgan fingerprint density at radius 1 is 1.18 bits per heavy atom. The number of nitriles is 1. The van der Waals surface area contributed by atoms with Crippen LogP contribution < -0.4 is 5.32 Å². The molecule has 0 spiro atoms. The predicted octanol–water partition coefficient (Wildman–Crippen LogP) is 2.69. The average molecular weight is 232 g/mol. The molecule has 4 heteroatoms. The van der Waals surface area contributed by atoms with Crippen molar-refractivity contribution in [3.05, 3.63) is 18.1 Å². The fraction of sp³-hybridized carbons (Fsp3) is 0.615. The zero-order valence-electron chi connectivity index (χ0n) is 10.9. The van der Waals surface area contributed by atoms with Crippen LogP contribution >= 0.6 is 0 Å². The lowest BCUT2D eigenvalue weighted by atomic mass is 9.85. The Labute approximate surface area is 103 Å². The van der Waals surface area contributed by atoms with Gasteiger partial charge >= 0.3 is 0 Å². The SMILES string of the molecule is CC(C)C(CNc1cnc(C#N)cn1)C(C)C. The largest absolute Gasteiger partial charge is 0.368 e. The van der Waals surface area contributed by atoms with Crippen LogP contribution in [0.25, 0.3) is 0 Å². The standard InChI is InChI=1S/C13H20N4/c1-9(2)12(10(3)4)7-17-13-8-15-11(5-14)6-16-13/h6,8-10,12H,7H2,1-4H3,(H,16,17). The molecule has 1 N–H and O–H groups in total. The summed E-state index contributed by atoms with van der Waals surface area (Å²) in [6, 6.07) is 1.95. The summed E-state index contributed by atoms with van der Waals surface area (Å²) in [5, 5.41) is 11.9. The molecule has 0 unspecified atom stereocenters. The molecule has 1 aromatic heterocycles. The highest BCUT2D eigenvalue weighted by molar-refractivity contribution is 5.33. The van der Waals surface area contributed by atoms with Crippen LogP contribution in [0.1, 0.15) is 33.4 Å². The fourth-order valence-corrected chi connectivity index (χ4v) is 1.94. The molecular formula is C13H20N4. The van der Waals surface area contributed by atoms with Crippen molar-refractivity contribution in [1.29, 1.82) is 5.26 Å². The molecule has 17 heavy (non-hydrogen) atoms. The topological polar surface area (TPSA) is 61.6 Å². The van der Waals surface area contributed by atoms with Crippen molar-refractivity contribution >= 4 is 5.82 Å². The van der Waals surface area contributed by atoms with E-state index in [4.69, 9.17) is 5.26 Å². The third-order valence-electron chi connectivity index (χ3n) is 3.00. The minimum atomic E-state index is 0.347. The van der Waals surface area contributed by atoms with Crippen molar-refractivity contribution in [3.8, 4) is 6.07 Å². The lowest BCUT2D eigenvalue weighted by Gasteiger charge is -2.25. The van der Waals surface area contributed by atoms with Crippen LogP contribution in [0.4, 0.5) is 5.82 Å². The van der Waals surface area contributed by atoms with Gasteiger partial charge in [-0.25, -0.2) is 9.97 Å². The van der Waals surface area contributed by atoms with Crippen molar-refractivity contribution in [2.24, 2.45) is 17.8 Å². The lowest BCUT2D eigenvalue weighted by Crippen LogP contribution is -2.24. The molecule has 1 rings (SSSR count). The first kappa shape index (κ1) is 13.4. The first-order valence-corrected chi connectivity index (χ1v) is 6.00. The molecule has 0 saturated carbocycles. The fourth-order valence-electron chi connectivity index (χ4n) is 1.94. The maximum atomic E-state index is 8.62. The smallest absolute Gasteiger partial charge is 0.158 e. The van der Waals surface area contributed by atoms with Crippen molar-refractivity contribution in [1.82, 2.24) is 9.97 Å². The van der Waals surface area contributed by atoms with Crippen LogP contribution in [0, 0.1) is 29.1 Å². The predicted molar refractivity (Wildman–Crippen MR) is 68.4 cm³/mol. The Morgan fingerprint density at radius 2 is 1.82 bits per heavy atom. The van der Waals surface area contributed by atoms with Gasteiger partial charge in [0.25, 0.3) is 0 Å². The highest BCUT2D eigenvalue weighted by Gasteiger charge is 2.17. The van der Waals surface area contributed by atoms with Crippen LogP contribution in [0.5, 0.6) is 0 Å². The van der Waals surface area contributed by atoms with Crippen molar-refractivity contribution in [3.63, 3.8) is 0 Å². The first-order chi connectivity index (χ1) is 8.04. The quantitative estimate of drug-likeness (QED) is 0.847. The van der Waals surface area contributed by atoms with E-state index in [-0.39, 0.29) is 0 Å². The normalized spacial score (nSPS) is 10.9. The van der Waals surface area contributed by atoms with E-state index in [0.717, 1.165) is 12.4 Å². The van der Waals surface area contributed by atoms with Crippen LogP contribution in [0.2, 0.25) is 0 Å². The van der Waals surface area contributed by atoms with Crippen LogP contribution in [0.15, 0.2) is 12.4 Å². The Morgan fingerprint density at radius 3 is 2.24 bits per heavy atom. The van der Waals surface area contributed by atoms with Gasteiger partial charge in [-0.15, -0.1) is 0 Å². The van der Waals surface area contributed by atoms with E-state index in [0.29, 0.717) is 23.4 Å². The summed E-state index contributed by atoms with van der Waals surface area (Å²) in [5.74, 6) is 2.60. The average Bonchev–Trinajstić information content (AvgIpc) is 2.29. The Hall–Kier alpha value is -1.63. The van der Waals surface area contributed by atoms with Gasteiger partial charge in [0.1, 0.15) is 11.9 Å². The molecule has 0 atom stereocenters. The number of nitrogens with one attached hydrogen (secondary N) is 1. The van der Waals surface area contributed by atoms with Gasteiger partial charge in [0, 0.05) is 6.54 Å². The van der Waals surface area contributed by atoms with Crippen molar-refractivity contribution in [2.45, 2.75) is 27.7 Å². The van der Waals surface area contributed by atoms with Crippen molar-refractivity contribution < 1.29 is 0 Å². The Balaban J connectivity index is 2.57. The van der Waals surface area contributed by atoms with Gasteiger partial charge in [-0.2, -0.15) is 5.26 Å². The highest BCUT2D eigenvalue weighted by Crippen LogP contribution is 2.20. The number of rotatable bonds is 5. The van der Waals surface area contributed by atoms with Crippen LogP contribution in [-0.2, 0) is 0 Å². The number of hydrogen-bond acceptors (Lipinski definition) is 4. The summed E-state index contributed by atoms with van der Waals surface area (Å²) in [4.78, 5) is 8.12. The van der Waals surface area contributed by atoms with Crippen LogP contribution in [0.3, 0.4) is 0 Å². The molecule has 1 aromatic rings. The molecule has 92 valence electrons. The van der Waals surface area contributed by atoms with E-state index in [1.165, 1.54) is 6.20 Å². The van der Waals surface area contributed by atoms with Crippen LogP contribution in [-0.4, -0.2) is 16.5 Å². The second-order valence-corrected chi connectivity index (χ2v) is 4.93. The van der Waals surface area contributed by atoms with E-state index in [2.05, 4.69) is 43.0 Å². The highest BCUT2D eigenvalue weighted by atomic mass is 15.0. The van der Waals surface area contributed by atoms with E-state index >= 15 is 0 Å². The zero-order chi connectivity index (χ0) is 12.8. The second kappa shape index (κ2) is 6.19. The number of aromatic nitrogens is 2. The Kier molecular flexibility index (Phi) is 4.89. The van der Waals surface area contributed by atoms with E-state index < -0.39 is 0 Å². The molecule has 4 nitrogen and oxygen atoms in total. The van der Waals surface area contributed by atoms with E-state index in [1.807, 2.05) is 6.07 Å². The lowest BCUT2D eigenvalue weighted by molar-refractivity contribution is 0.304. The van der Waals surface area contributed by atoms with Crippen molar-refractivity contribution in [2.75, 3.05) is 11.9 Å². The Bertz CT molecular complexity index is 367. The molecule has 0 aliphatic carbocycles. The van der Waals surface area contributed by atoms with E-state index in [9.17, 15) is 0 Å². The van der Waals surface area contributed by atoms with Gasteiger partial charge < -0.3 is 5.32 Å². The number of anilines is 1. The van der Waals surface area contributed by atoms with E-state index in [1.54, 1.807) is 6.20 Å². The second-order valence-electron chi connectivity index (χ2n) is 4.93. The molecule has 0 amide bonds. The molecule has 0 bridgehead atoms. The number of nitrogens with zero attached hydrogens (tertiary/aromatic N) is 3. The van der Waals surface area contributed by atoms with Gasteiger partial charge in [-0.3, -0.25) is 0 Å².